The van der Waals surface area contributed by atoms with Crippen molar-refractivity contribution in [3.05, 3.63) is 100 Å². The third kappa shape index (κ3) is 4.62. The van der Waals surface area contributed by atoms with Crippen LogP contribution in [0.25, 0.3) is 16.6 Å². The molecule has 0 fully saturated rings. The number of nitrogens with zero attached hydrogens (tertiary/aromatic N) is 2. The van der Waals surface area contributed by atoms with Crippen LogP contribution in [0.2, 0.25) is 0 Å². The molecule has 0 atom stereocenters. The smallest absolute Gasteiger partial charge is 0.284 e. The van der Waals surface area contributed by atoms with Crippen molar-refractivity contribution in [2.75, 3.05) is 0 Å². The minimum atomic E-state index is -0.237. The number of thioether (sulfide) groups is 1. The fraction of sp³-hybridized carbons (Fsp3) is 0. The zero-order valence-electron chi connectivity index (χ0n) is 15.2. The number of rotatable bonds is 5. The standard InChI is InChI=1S/C23H16N2O2S2/c26-20-18(28-22(24-20)16-10-4-1-5-11-16)14-8-3-9-15-19-21(27)25-23(29-19)17-12-6-2-7-13-17/h1-15,26H/p-1/b9-3+,14-8+,19-15-. The topological polar surface area (TPSA) is 65.4 Å². The summed E-state index contributed by atoms with van der Waals surface area (Å²) in [5.74, 6) is -0.474. The first-order chi connectivity index (χ1) is 14.2. The van der Waals surface area contributed by atoms with Gasteiger partial charge in [0.1, 0.15) is 10.1 Å². The van der Waals surface area contributed by atoms with Crippen molar-refractivity contribution in [1.29, 1.82) is 0 Å². The Morgan fingerprint density at radius 2 is 1.55 bits per heavy atom. The number of hydrogen-bond donors (Lipinski definition) is 0. The Morgan fingerprint density at radius 3 is 2.28 bits per heavy atom. The molecule has 0 unspecified atom stereocenters. The molecule has 2 aromatic carbocycles. The Hall–Kier alpha value is -3.22. The Bertz CT molecular complexity index is 1140. The number of hydrogen-bond acceptors (Lipinski definition) is 5. The van der Waals surface area contributed by atoms with Crippen molar-refractivity contribution in [1.82, 2.24) is 4.98 Å². The molecule has 0 N–H and O–H groups in total. The summed E-state index contributed by atoms with van der Waals surface area (Å²) in [5, 5.41) is 13.5. The van der Waals surface area contributed by atoms with E-state index in [1.165, 1.54) is 23.1 Å². The summed E-state index contributed by atoms with van der Waals surface area (Å²) in [7, 11) is 0. The Morgan fingerprint density at radius 1 is 0.862 bits per heavy atom. The molecule has 1 amide bonds. The van der Waals surface area contributed by atoms with Gasteiger partial charge < -0.3 is 5.11 Å². The maximum Gasteiger partial charge on any atom is 0.284 e. The molecule has 142 valence electrons. The van der Waals surface area contributed by atoms with Crippen LogP contribution in [0.1, 0.15) is 10.4 Å². The van der Waals surface area contributed by atoms with Crippen LogP contribution in [0.3, 0.4) is 0 Å². The van der Waals surface area contributed by atoms with Crippen molar-refractivity contribution < 1.29 is 9.90 Å². The summed E-state index contributed by atoms with van der Waals surface area (Å²) in [6.07, 6.45) is 8.78. The number of benzene rings is 2. The zero-order valence-corrected chi connectivity index (χ0v) is 16.8. The molecule has 1 aromatic heterocycles. The van der Waals surface area contributed by atoms with Crippen LogP contribution in [-0.2, 0) is 4.79 Å². The van der Waals surface area contributed by atoms with Gasteiger partial charge in [-0.05, 0) is 12.2 Å². The molecule has 0 saturated heterocycles. The second-order valence-electron chi connectivity index (χ2n) is 6.02. The summed E-state index contributed by atoms with van der Waals surface area (Å²) < 4.78 is 0. The van der Waals surface area contributed by atoms with E-state index in [9.17, 15) is 9.90 Å². The number of amides is 1. The van der Waals surface area contributed by atoms with Gasteiger partial charge in [-0.3, -0.25) is 9.78 Å². The minimum absolute atomic E-state index is 0.237. The second kappa shape index (κ2) is 8.86. The first-order valence-corrected chi connectivity index (χ1v) is 10.5. The van der Waals surface area contributed by atoms with E-state index in [-0.39, 0.29) is 11.8 Å². The highest BCUT2D eigenvalue weighted by Gasteiger charge is 2.21. The number of allylic oxidation sites excluding steroid dienone is 4. The number of thiazole rings is 1. The molecule has 3 aromatic rings. The van der Waals surface area contributed by atoms with Crippen LogP contribution in [-0.4, -0.2) is 15.9 Å². The lowest BCUT2D eigenvalue weighted by molar-refractivity contribution is -0.274. The molecule has 29 heavy (non-hydrogen) atoms. The number of aromatic nitrogens is 1. The zero-order chi connectivity index (χ0) is 20.1. The molecule has 6 heteroatoms. The number of carbonyl (C=O) groups excluding carboxylic acids is 1. The van der Waals surface area contributed by atoms with Gasteiger partial charge in [0, 0.05) is 21.9 Å². The highest BCUT2D eigenvalue weighted by Crippen LogP contribution is 2.31. The van der Waals surface area contributed by atoms with Crippen LogP contribution < -0.4 is 5.11 Å². The molecule has 4 rings (SSSR count). The van der Waals surface area contributed by atoms with Crippen molar-refractivity contribution in [2.45, 2.75) is 0 Å². The lowest BCUT2D eigenvalue weighted by Crippen LogP contribution is -1.90. The van der Waals surface area contributed by atoms with E-state index in [1.54, 1.807) is 30.4 Å². The van der Waals surface area contributed by atoms with Crippen LogP contribution in [0.15, 0.2) is 94.9 Å². The molecule has 2 heterocycles. The van der Waals surface area contributed by atoms with Crippen molar-refractivity contribution in [3.63, 3.8) is 0 Å². The average Bonchev–Trinajstić information content (AvgIpc) is 3.32. The first kappa shape index (κ1) is 19.1. The van der Waals surface area contributed by atoms with Gasteiger partial charge in [-0.25, -0.2) is 4.99 Å². The lowest BCUT2D eigenvalue weighted by Gasteiger charge is -1.98. The average molecular weight is 416 g/mol. The molecular formula is C23H15N2O2S2-. The largest absolute Gasteiger partial charge is 0.858 e. The molecule has 0 spiro atoms. The summed E-state index contributed by atoms with van der Waals surface area (Å²) >= 11 is 2.72. The van der Waals surface area contributed by atoms with Gasteiger partial charge in [-0.1, -0.05) is 90.7 Å². The van der Waals surface area contributed by atoms with Gasteiger partial charge in [0.2, 0.25) is 0 Å². The lowest BCUT2D eigenvalue weighted by atomic mass is 10.2. The maximum atomic E-state index is 12.0. The fourth-order valence-electron chi connectivity index (χ4n) is 2.60. The Kier molecular flexibility index (Phi) is 5.84. The van der Waals surface area contributed by atoms with E-state index in [0.717, 1.165) is 11.1 Å². The SMILES string of the molecule is O=C1N=C(c2ccccc2)S\C1=C/C=C/C=C/c1sc(-c2ccccc2)nc1[O-]. The third-order valence-corrected chi connectivity index (χ3v) is 6.10. The fourth-order valence-corrected chi connectivity index (χ4v) is 4.35. The molecule has 0 bridgehead atoms. The van der Waals surface area contributed by atoms with Crippen molar-refractivity contribution >= 4 is 40.1 Å². The highest BCUT2D eigenvalue weighted by atomic mass is 32.2. The number of carbonyl (C=O) groups is 1. The predicted molar refractivity (Wildman–Crippen MR) is 119 cm³/mol. The molecule has 0 radical (unpaired) electrons. The summed E-state index contributed by atoms with van der Waals surface area (Å²) in [5.41, 5.74) is 1.86. The number of aliphatic imine (C=N–C) groups is 1. The first-order valence-electron chi connectivity index (χ1n) is 8.85. The van der Waals surface area contributed by atoms with Gasteiger partial charge in [-0.15, -0.1) is 11.3 Å². The predicted octanol–water partition coefficient (Wildman–Crippen LogP) is 5.06. The minimum Gasteiger partial charge on any atom is -0.858 e. The highest BCUT2D eigenvalue weighted by molar-refractivity contribution is 8.19. The van der Waals surface area contributed by atoms with Crippen molar-refractivity contribution in [3.8, 4) is 16.5 Å². The van der Waals surface area contributed by atoms with Crippen LogP contribution in [0.4, 0.5) is 0 Å². The summed E-state index contributed by atoms with van der Waals surface area (Å²) in [4.78, 5) is 21.4. The second-order valence-corrected chi connectivity index (χ2v) is 8.08. The molecule has 4 nitrogen and oxygen atoms in total. The van der Waals surface area contributed by atoms with Crippen molar-refractivity contribution in [2.24, 2.45) is 4.99 Å². The van der Waals surface area contributed by atoms with Crippen LogP contribution in [0, 0.1) is 0 Å². The Labute approximate surface area is 176 Å². The monoisotopic (exact) mass is 415 g/mol. The van der Waals surface area contributed by atoms with Crippen LogP contribution in [0.5, 0.6) is 5.88 Å². The maximum absolute atomic E-state index is 12.0. The summed E-state index contributed by atoms with van der Waals surface area (Å²) in [6, 6.07) is 19.3. The van der Waals surface area contributed by atoms with Gasteiger partial charge in [-0.2, -0.15) is 0 Å². The van der Waals surface area contributed by atoms with E-state index in [1.807, 2.05) is 60.7 Å². The van der Waals surface area contributed by atoms with Crippen LogP contribution >= 0.6 is 23.1 Å². The van der Waals surface area contributed by atoms with E-state index in [4.69, 9.17) is 0 Å². The molecule has 1 aliphatic heterocycles. The van der Waals surface area contributed by atoms with Gasteiger partial charge in [0.25, 0.3) is 5.91 Å². The van der Waals surface area contributed by atoms with E-state index >= 15 is 0 Å². The molecule has 1 aliphatic rings. The summed E-state index contributed by atoms with van der Waals surface area (Å²) in [6.45, 7) is 0. The Balaban J connectivity index is 1.40. The normalized spacial score (nSPS) is 15.7. The third-order valence-electron chi connectivity index (χ3n) is 4.00. The molecular weight excluding hydrogens is 400 g/mol. The van der Waals surface area contributed by atoms with E-state index in [2.05, 4.69) is 9.98 Å². The van der Waals surface area contributed by atoms with E-state index in [0.29, 0.717) is 19.8 Å². The van der Waals surface area contributed by atoms with Gasteiger partial charge in [0.05, 0.1) is 4.91 Å². The quantitative estimate of drug-likeness (QED) is 0.432. The van der Waals surface area contributed by atoms with Gasteiger partial charge >= 0.3 is 0 Å². The molecule has 0 saturated carbocycles. The van der Waals surface area contributed by atoms with E-state index < -0.39 is 0 Å². The molecule has 0 aliphatic carbocycles. The van der Waals surface area contributed by atoms with Gasteiger partial charge in [0.15, 0.2) is 0 Å².